The summed E-state index contributed by atoms with van der Waals surface area (Å²) in [5.74, 6) is 0.556. The third-order valence-electron chi connectivity index (χ3n) is 3.76. The molecule has 1 aliphatic rings. The van der Waals surface area contributed by atoms with Crippen LogP contribution >= 0.6 is 0 Å². The Morgan fingerprint density at radius 3 is 2.84 bits per heavy atom. The average Bonchev–Trinajstić information content (AvgIpc) is 2.83. The summed E-state index contributed by atoms with van der Waals surface area (Å²) in [6, 6.07) is 5.92. The van der Waals surface area contributed by atoms with Gasteiger partial charge in [-0.1, -0.05) is 13.0 Å². The summed E-state index contributed by atoms with van der Waals surface area (Å²) in [6.07, 6.45) is 2.59. The maximum Gasteiger partial charge on any atom is 0.330 e. The summed E-state index contributed by atoms with van der Waals surface area (Å²) in [4.78, 5) is 12.3. The van der Waals surface area contributed by atoms with Gasteiger partial charge in [0, 0.05) is 0 Å². The van der Waals surface area contributed by atoms with Crippen molar-refractivity contribution in [1.29, 1.82) is 0 Å². The number of nitrogens with one attached hydrogen (secondary N) is 1. The van der Waals surface area contributed by atoms with Crippen molar-refractivity contribution in [2.75, 3.05) is 20.8 Å². The van der Waals surface area contributed by atoms with E-state index < -0.39 is 5.54 Å². The van der Waals surface area contributed by atoms with E-state index in [2.05, 4.69) is 12.2 Å². The van der Waals surface area contributed by atoms with Crippen LogP contribution in [0, 0.1) is 0 Å². The SMILES string of the molecule is CCCNC1(C(=O)OC)CCc2ccc(OC)cc21. The molecule has 1 N–H and O–H groups in total. The van der Waals surface area contributed by atoms with Gasteiger partial charge >= 0.3 is 5.97 Å². The molecule has 0 heterocycles. The van der Waals surface area contributed by atoms with Crippen LogP contribution in [0.15, 0.2) is 18.2 Å². The standard InChI is InChI=1S/C15H21NO3/c1-4-9-16-15(14(17)19-3)8-7-11-5-6-12(18-2)10-13(11)15/h5-6,10,16H,4,7-9H2,1-3H3. The Kier molecular flexibility index (Phi) is 4.10. The predicted octanol–water partition coefficient (Wildman–Crippen LogP) is 2.01. The fourth-order valence-electron chi connectivity index (χ4n) is 2.74. The minimum absolute atomic E-state index is 0.215. The molecule has 1 unspecified atom stereocenters. The van der Waals surface area contributed by atoms with Crippen LogP contribution in [0.2, 0.25) is 0 Å². The van der Waals surface area contributed by atoms with Crippen LogP contribution in [0.4, 0.5) is 0 Å². The molecule has 1 aliphatic carbocycles. The first-order valence-electron chi connectivity index (χ1n) is 6.68. The van der Waals surface area contributed by atoms with Crippen LogP contribution in [0.3, 0.4) is 0 Å². The topological polar surface area (TPSA) is 47.6 Å². The van der Waals surface area contributed by atoms with Crippen molar-refractivity contribution in [3.63, 3.8) is 0 Å². The number of hydrogen-bond donors (Lipinski definition) is 1. The Morgan fingerprint density at radius 1 is 1.42 bits per heavy atom. The fourth-order valence-corrected chi connectivity index (χ4v) is 2.74. The fraction of sp³-hybridized carbons (Fsp3) is 0.533. The van der Waals surface area contributed by atoms with E-state index >= 15 is 0 Å². The number of fused-ring (bicyclic) bond motifs is 1. The van der Waals surface area contributed by atoms with Crippen molar-refractivity contribution in [3.05, 3.63) is 29.3 Å². The molecule has 0 radical (unpaired) electrons. The smallest absolute Gasteiger partial charge is 0.330 e. The van der Waals surface area contributed by atoms with Crippen molar-refractivity contribution >= 4 is 5.97 Å². The lowest BCUT2D eigenvalue weighted by atomic mass is 9.91. The summed E-state index contributed by atoms with van der Waals surface area (Å²) in [6.45, 7) is 2.87. The largest absolute Gasteiger partial charge is 0.497 e. The molecule has 0 saturated carbocycles. The number of hydrogen-bond acceptors (Lipinski definition) is 4. The van der Waals surface area contributed by atoms with Gasteiger partial charge in [0.05, 0.1) is 14.2 Å². The van der Waals surface area contributed by atoms with E-state index in [1.54, 1.807) is 7.11 Å². The molecule has 0 spiro atoms. The minimum Gasteiger partial charge on any atom is -0.497 e. The quantitative estimate of drug-likeness (QED) is 0.826. The van der Waals surface area contributed by atoms with Crippen molar-refractivity contribution in [2.45, 2.75) is 31.7 Å². The summed E-state index contributed by atoms with van der Waals surface area (Å²) in [7, 11) is 3.08. The molecule has 1 aromatic carbocycles. The van der Waals surface area contributed by atoms with E-state index in [4.69, 9.17) is 9.47 Å². The van der Waals surface area contributed by atoms with Crippen LogP contribution in [-0.2, 0) is 21.5 Å². The van der Waals surface area contributed by atoms with Crippen LogP contribution in [-0.4, -0.2) is 26.7 Å². The number of esters is 1. The molecular formula is C15H21NO3. The number of aryl methyl sites for hydroxylation is 1. The lowest BCUT2D eigenvalue weighted by Gasteiger charge is -2.29. The van der Waals surface area contributed by atoms with Crippen LogP contribution in [0.1, 0.15) is 30.9 Å². The second-order valence-corrected chi connectivity index (χ2v) is 4.85. The zero-order chi connectivity index (χ0) is 13.9. The number of ether oxygens (including phenoxy) is 2. The number of methoxy groups -OCH3 is 2. The van der Waals surface area contributed by atoms with Crippen LogP contribution < -0.4 is 10.1 Å². The zero-order valence-electron chi connectivity index (χ0n) is 11.8. The number of rotatable bonds is 5. The van der Waals surface area contributed by atoms with Gasteiger partial charge in [0.15, 0.2) is 0 Å². The van der Waals surface area contributed by atoms with Gasteiger partial charge in [-0.3, -0.25) is 5.32 Å². The molecule has 0 aliphatic heterocycles. The van der Waals surface area contributed by atoms with Gasteiger partial charge in [0.2, 0.25) is 0 Å². The lowest BCUT2D eigenvalue weighted by Crippen LogP contribution is -2.48. The van der Waals surface area contributed by atoms with E-state index in [-0.39, 0.29) is 5.97 Å². The zero-order valence-corrected chi connectivity index (χ0v) is 11.8. The monoisotopic (exact) mass is 263 g/mol. The first-order chi connectivity index (χ1) is 9.17. The molecule has 0 fully saturated rings. The first-order valence-corrected chi connectivity index (χ1v) is 6.68. The maximum absolute atomic E-state index is 12.3. The molecular weight excluding hydrogens is 242 g/mol. The van der Waals surface area contributed by atoms with Crippen LogP contribution in [0.25, 0.3) is 0 Å². The van der Waals surface area contributed by atoms with Gasteiger partial charge in [-0.05, 0) is 49.1 Å². The number of carbonyl (C=O) groups is 1. The summed E-state index contributed by atoms with van der Waals surface area (Å²) in [5.41, 5.74) is 1.47. The number of benzene rings is 1. The summed E-state index contributed by atoms with van der Waals surface area (Å²) in [5, 5.41) is 3.37. The molecule has 1 aromatic rings. The van der Waals surface area contributed by atoms with Gasteiger partial charge < -0.3 is 9.47 Å². The van der Waals surface area contributed by atoms with Gasteiger partial charge in [0.25, 0.3) is 0 Å². The van der Waals surface area contributed by atoms with Gasteiger partial charge in [-0.2, -0.15) is 0 Å². The summed E-state index contributed by atoms with van der Waals surface area (Å²) >= 11 is 0. The third-order valence-corrected chi connectivity index (χ3v) is 3.76. The van der Waals surface area contributed by atoms with E-state index in [0.717, 1.165) is 37.1 Å². The molecule has 2 rings (SSSR count). The van der Waals surface area contributed by atoms with Gasteiger partial charge in [0.1, 0.15) is 11.3 Å². The van der Waals surface area contributed by atoms with Gasteiger partial charge in [-0.25, -0.2) is 4.79 Å². The Labute approximate surface area is 114 Å². The first kappa shape index (κ1) is 13.9. The highest BCUT2D eigenvalue weighted by atomic mass is 16.5. The Balaban J connectivity index is 2.45. The highest BCUT2D eigenvalue weighted by molar-refractivity contribution is 5.84. The Morgan fingerprint density at radius 2 is 2.21 bits per heavy atom. The molecule has 0 saturated heterocycles. The van der Waals surface area contributed by atoms with Crippen molar-refractivity contribution in [3.8, 4) is 5.75 Å². The van der Waals surface area contributed by atoms with E-state index in [1.807, 2.05) is 18.2 Å². The molecule has 0 aromatic heterocycles. The Hall–Kier alpha value is -1.55. The average molecular weight is 263 g/mol. The molecule has 0 bridgehead atoms. The third kappa shape index (κ3) is 2.32. The van der Waals surface area contributed by atoms with Gasteiger partial charge in [-0.15, -0.1) is 0 Å². The molecule has 0 amide bonds. The minimum atomic E-state index is -0.714. The predicted molar refractivity (Wildman–Crippen MR) is 73.3 cm³/mol. The Bertz CT molecular complexity index is 472. The maximum atomic E-state index is 12.3. The van der Waals surface area contributed by atoms with Crippen LogP contribution in [0.5, 0.6) is 5.75 Å². The van der Waals surface area contributed by atoms with Crippen molar-refractivity contribution in [2.24, 2.45) is 0 Å². The molecule has 4 nitrogen and oxygen atoms in total. The highest BCUT2D eigenvalue weighted by Crippen LogP contribution is 2.39. The lowest BCUT2D eigenvalue weighted by molar-refractivity contribution is -0.149. The number of carbonyl (C=O) groups excluding carboxylic acids is 1. The second kappa shape index (κ2) is 5.61. The van der Waals surface area contributed by atoms with E-state index in [9.17, 15) is 4.79 Å². The second-order valence-electron chi connectivity index (χ2n) is 4.85. The highest BCUT2D eigenvalue weighted by Gasteiger charge is 2.46. The van der Waals surface area contributed by atoms with E-state index in [0.29, 0.717) is 0 Å². The molecule has 1 atom stereocenters. The normalized spacial score (nSPS) is 21.0. The van der Waals surface area contributed by atoms with Crippen molar-refractivity contribution in [1.82, 2.24) is 5.32 Å². The van der Waals surface area contributed by atoms with E-state index in [1.165, 1.54) is 12.7 Å². The molecule has 104 valence electrons. The molecule has 4 heteroatoms. The summed E-state index contributed by atoms with van der Waals surface area (Å²) < 4.78 is 10.3. The van der Waals surface area contributed by atoms with Crippen molar-refractivity contribution < 1.29 is 14.3 Å². The molecule has 19 heavy (non-hydrogen) atoms.